The summed E-state index contributed by atoms with van der Waals surface area (Å²) in [5.74, 6) is 0. The molecule has 0 amide bonds. The summed E-state index contributed by atoms with van der Waals surface area (Å²) in [7, 11) is 0. The van der Waals surface area contributed by atoms with E-state index in [4.69, 9.17) is 23.2 Å². The van der Waals surface area contributed by atoms with Gasteiger partial charge in [0.25, 0.3) is 0 Å². The minimum Gasteiger partial charge on any atom is -0.175 e. The summed E-state index contributed by atoms with van der Waals surface area (Å²) in [5.41, 5.74) is 0. The number of hydrogen-bond donors (Lipinski definition) is 0. The molecule has 52 valence electrons. The van der Waals surface area contributed by atoms with Crippen LogP contribution >= 0.6 is 47.2 Å². The van der Waals surface area contributed by atoms with Crippen molar-refractivity contribution >= 4 is 47.2 Å². The Kier molecular flexibility index (Phi) is 9.38. The predicted molar refractivity (Wildman–Crippen MR) is 50.7 cm³/mol. The maximum absolute atomic E-state index is 5.55. The molecular formula is C6H4Cl2IZn-. The van der Waals surface area contributed by atoms with E-state index in [9.17, 15) is 0 Å². The first-order valence-corrected chi connectivity index (χ1v) is 2.88. The predicted octanol–water partition coefficient (Wildman–Crippen LogP) is 3.41. The van der Waals surface area contributed by atoms with Crippen molar-refractivity contribution in [3.05, 3.63) is 34.3 Å². The molecule has 0 fully saturated rings. The molecule has 1 rings (SSSR count). The van der Waals surface area contributed by atoms with E-state index in [1.807, 2.05) is 0 Å². The summed E-state index contributed by atoms with van der Waals surface area (Å²) < 4.78 is 0. The van der Waals surface area contributed by atoms with Crippen LogP contribution in [0.3, 0.4) is 0 Å². The second-order valence-corrected chi connectivity index (χ2v) is 2.12. The minimum atomic E-state index is 0. The van der Waals surface area contributed by atoms with E-state index in [2.05, 4.69) is 6.07 Å². The SMILES string of the molecule is Clc1[c-]cccc1Cl.I.[Zn]. The quantitative estimate of drug-likeness (QED) is 0.386. The first-order valence-electron chi connectivity index (χ1n) is 2.12. The van der Waals surface area contributed by atoms with Gasteiger partial charge in [-0.15, -0.1) is 35.6 Å². The molecule has 1 aromatic rings. The molecule has 0 saturated carbocycles. The maximum Gasteiger partial charge on any atom is 0 e. The third-order valence-corrected chi connectivity index (χ3v) is 1.48. The van der Waals surface area contributed by atoms with Gasteiger partial charge in [-0.05, 0) is 0 Å². The van der Waals surface area contributed by atoms with Crippen LogP contribution in [-0.4, -0.2) is 0 Å². The van der Waals surface area contributed by atoms with Crippen molar-refractivity contribution in [1.82, 2.24) is 0 Å². The van der Waals surface area contributed by atoms with E-state index in [1.165, 1.54) is 0 Å². The minimum absolute atomic E-state index is 0. The van der Waals surface area contributed by atoms with Crippen LogP contribution < -0.4 is 0 Å². The molecular weight excluding hydrogens is 335 g/mol. The van der Waals surface area contributed by atoms with Crippen LogP contribution in [0.15, 0.2) is 18.2 Å². The molecule has 0 aliphatic heterocycles. The molecule has 0 spiro atoms. The molecule has 0 atom stereocenters. The molecule has 10 heavy (non-hydrogen) atoms. The van der Waals surface area contributed by atoms with Gasteiger partial charge in [0.05, 0.1) is 0 Å². The molecule has 0 aromatic heterocycles. The Hall–Kier alpha value is 1.15. The van der Waals surface area contributed by atoms with Gasteiger partial charge < -0.3 is 0 Å². The van der Waals surface area contributed by atoms with E-state index in [1.54, 1.807) is 18.2 Å². The summed E-state index contributed by atoms with van der Waals surface area (Å²) in [6, 6.07) is 7.96. The molecule has 0 bridgehead atoms. The molecule has 0 radical (unpaired) electrons. The summed E-state index contributed by atoms with van der Waals surface area (Å²) >= 11 is 11.1. The summed E-state index contributed by atoms with van der Waals surface area (Å²) in [4.78, 5) is 0. The van der Waals surface area contributed by atoms with E-state index < -0.39 is 0 Å². The summed E-state index contributed by atoms with van der Waals surface area (Å²) in [6.45, 7) is 0. The first kappa shape index (κ1) is 13.7. The molecule has 0 nitrogen and oxygen atoms in total. The van der Waals surface area contributed by atoms with E-state index in [0.29, 0.717) is 10.0 Å². The Bertz CT molecular complexity index is 172. The van der Waals surface area contributed by atoms with Crippen molar-refractivity contribution in [2.24, 2.45) is 0 Å². The van der Waals surface area contributed by atoms with E-state index >= 15 is 0 Å². The van der Waals surface area contributed by atoms with Crippen molar-refractivity contribution in [2.75, 3.05) is 0 Å². The second-order valence-electron chi connectivity index (χ2n) is 1.33. The van der Waals surface area contributed by atoms with Crippen LogP contribution in [0.4, 0.5) is 0 Å². The largest absolute Gasteiger partial charge is 0.175 e. The molecule has 0 heterocycles. The monoisotopic (exact) mass is 337 g/mol. The molecule has 4 heteroatoms. The van der Waals surface area contributed by atoms with Gasteiger partial charge in [0.1, 0.15) is 0 Å². The van der Waals surface area contributed by atoms with Crippen molar-refractivity contribution < 1.29 is 19.5 Å². The van der Waals surface area contributed by atoms with Crippen LogP contribution in [-0.2, 0) is 19.5 Å². The fourth-order valence-corrected chi connectivity index (χ4v) is 0.649. The Balaban J connectivity index is 0. The van der Waals surface area contributed by atoms with Crippen molar-refractivity contribution in [3.8, 4) is 0 Å². The Labute approximate surface area is 100 Å². The van der Waals surface area contributed by atoms with Crippen molar-refractivity contribution in [2.45, 2.75) is 0 Å². The first-order chi connectivity index (χ1) is 3.80. The van der Waals surface area contributed by atoms with Gasteiger partial charge >= 0.3 is 0 Å². The Morgan fingerprint density at radius 3 is 2.20 bits per heavy atom. The normalized spacial score (nSPS) is 7.40. The summed E-state index contributed by atoms with van der Waals surface area (Å²) in [5, 5.41) is 1.03. The van der Waals surface area contributed by atoms with Gasteiger partial charge in [-0.25, -0.2) is 0 Å². The molecule has 0 aliphatic rings. The van der Waals surface area contributed by atoms with Crippen molar-refractivity contribution in [3.63, 3.8) is 0 Å². The average Bonchev–Trinajstić information content (AvgIpc) is 1.77. The zero-order valence-electron chi connectivity index (χ0n) is 5.10. The number of rotatable bonds is 0. The van der Waals surface area contributed by atoms with Crippen LogP contribution in [0.1, 0.15) is 0 Å². The number of benzene rings is 1. The molecule has 0 aliphatic carbocycles. The zero-order valence-corrected chi connectivity index (χ0v) is 11.9. The maximum atomic E-state index is 5.55. The van der Waals surface area contributed by atoms with Gasteiger partial charge in [0, 0.05) is 19.5 Å². The summed E-state index contributed by atoms with van der Waals surface area (Å²) in [6.07, 6.45) is 0. The molecule has 0 saturated heterocycles. The number of halogens is 3. The fourth-order valence-electron chi connectivity index (χ4n) is 0.396. The fraction of sp³-hybridized carbons (Fsp3) is 0. The topological polar surface area (TPSA) is 0 Å². The van der Waals surface area contributed by atoms with Crippen LogP contribution in [0.2, 0.25) is 10.0 Å². The third-order valence-electron chi connectivity index (χ3n) is 0.759. The third kappa shape index (κ3) is 4.12. The van der Waals surface area contributed by atoms with Crippen LogP contribution in [0, 0.1) is 6.07 Å². The van der Waals surface area contributed by atoms with Gasteiger partial charge in [0.2, 0.25) is 0 Å². The average molecular weight is 339 g/mol. The Morgan fingerprint density at radius 1 is 1.30 bits per heavy atom. The standard InChI is InChI=1S/C6H3Cl2.HI.Zn/c7-5-3-1-2-4-6(5)8;;/h1-3H;1H;/q-1;;. The van der Waals surface area contributed by atoms with Gasteiger partial charge in [-0.3, -0.25) is 0 Å². The van der Waals surface area contributed by atoms with E-state index in [-0.39, 0.29) is 43.5 Å². The number of hydrogen-bond acceptors (Lipinski definition) is 0. The van der Waals surface area contributed by atoms with Gasteiger partial charge in [-0.2, -0.15) is 35.9 Å². The van der Waals surface area contributed by atoms with Crippen molar-refractivity contribution in [1.29, 1.82) is 0 Å². The smallest absolute Gasteiger partial charge is 0 e. The van der Waals surface area contributed by atoms with E-state index in [0.717, 1.165) is 0 Å². The second kappa shape index (κ2) is 6.84. The molecule has 1 aromatic carbocycles. The molecule has 0 unspecified atom stereocenters. The van der Waals surface area contributed by atoms with Crippen LogP contribution in [0.5, 0.6) is 0 Å². The Morgan fingerprint density at radius 2 is 1.90 bits per heavy atom. The zero-order chi connectivity index (χ0) is 5.98. The van der Waals surface area contributed by atoms with Gasteiger partial charge in [-0.1, -0.05) is 10.0 Å². The van der Waals surface area contributed by atoms with Gasteiger partial charge in [0.15, 0.2) is 0 Å². The van der Waals surface area contributed by atoms with Crippen LogP contribution in [0.25, 0.3) is 0 Å². The molecule has 0 N–H and O–H groups in total.